The molecule has 9 heteroatoms. The van der Waals surface area contributed by atoms with Crippen LogP contribution in [-0.2, 0) is 10.0 Å². The molecule has 0 fully saturated rings. The van der Waals surface area contributed by atoms with E-state index in [-0.39, 0.29) is 21.4 Å². The maximum atomic E-state index is 12.7. The minimum absolute atomic E-state index is 0.0586. The number of carbonyl (C=O) groups is 1. The van der Waals surface area contributed by atoms with Crippen molar-refractivity contribution in [3.05, 3.63) is 57.7 Å². The smallest absolute Gasteiger partial charge is 0.291 e. The molecule has 0 aliphatic heterocycles. The van der Waals surface area contributed by atoms with Gasteiger partial charge in [0.25, 0.3) is 5.91 Å². The Hall–Kier alpha value is -1.87. The molecule has 0 saturated heterocycles. The van der Waals surface area contributed by atoms with E-state index in [0.717, 1.165) is 9.86 Å². The molecule has 0 aliphatic carbocycles. The third kappa shape index (κ3) is 3.96. The van der Waals surface area contributed by atoms with Gasteiger partial charge in [-0.05, 0) is 46.3 Å². The summed E-state index contributed by atoms with van der Waals surface area (Å²) >= 11 is 9.55. The number of amides is 1. The molecule has 0 radical (unpaired) electrons. The Balaban J connectivity index is 1.93. The van der Waals surface area contributed by atoms with Crippen molar-refractivity contribution < 1.29 is 17.6 Å². The fraction of sp³-hybridized carbons (Fsp3) is 0.211. The second kappa shape index (κ2) is 8.24. The summed E-state index contributed by atoms with van der Waals surface area (Å²) in [5.41, 5.74) is 0.746. The lowest BCUT2D eigenvalue weighted by molar-refractivity contribution is 0.0998. The number of para-hydroxylation sites is 1. The van der Waals surface area contributed by atoms with E-state index in [1.54, 1.807) is 19.9 Å². The Kier molecular flexibility index (Phi) is 6.14. The van der Waals surface area contributed by atoms with Crippen molar-refractivity contribution in [2.45, 2.75) is 18.7 Å². The number of anilines is 1. The average Bonchev–Trinajstić information content (AvgIpc) is 3.10. The maximum absolute atomic E-state index is 12.7. The van der Waals surface area contributed by atoms with Crippen LogP contribution in [0, 0.1) is 0 Å². The van der Waals surface area contributed by atoms with Crippen LogP contribution in [0.25, 0.3) is 11.0 Å². The van der Waals surface area contributed by atoms with E-state index in [0.29, 0.717) is 18.7 Å². The molecule has 28 heavy (non-hydrogen) atoms. The molecule has 1 aromatic heterocycles. The van der Waals surface area contributed by atoms with Crippen molar-refractivity contribution in [1.29, 1.82) is 0 Å². The van der Waals surface area contributed by atoms with Crippen LogP contribution in [0.1, 0.15) is 24.4 Å². The zero-order valence-corrected chi connectivity index (χ0v) is 18.4. The molecule has 0 unspecified atom stereocenters. The Bertz CT molecular complexity index is 1140. The molecule has 0 bridgehead atoms. The normalized spacial score (nSPS) is 11.9. The van der Waals surface area contributed by atoms with E-state index < -0.39 is 15.9 Å². The molecule has 1 N–H and O–H groups in total. The van der Waals surface area contributed by atoms with Crippen LogP contribution in [0.2, 0.25) is 5.02 Å². The molecule has 0 saturated carbocycles. The van der Waals surface area contributed by atoms with Crippen molar-refractivity contribution in [1.82, 2.24) is 4.31 Å². The SMILES string of the molecule is CCN(CC)S(=O)(=O)c1ccc(Cl)c(NC(=O)c2cc3cccc(Br)c3o2)c1. The first-order chi connectivity index (χ1) is 13.3. The van der Waals surface area contributed by atoms with Gasteiger partial charge in [0.1, 0.15) is 5.58 Å². The van der Waals surface area contributed by atoms with Crippen LogP contribution in [0.15, 0.2) is 56.2 Å². The lowest BCUT2D eigenvalue weighted by atomic mass is 10.2. The average molecular weight is 486 g/mol. The Morgan fingerprint density at radius 1 is 1.18 bits per heavy atom. The van der Waals surface area contributed by atoms with E-state index in [1.165, 1.54) is 22.5 Å². The van der Waals surface area contributed by atoms with Gasteiger partial charge in [0, 0.05) is 18.5 Å². The number of sulfonamides is 1. The topological polar surface area (TPSA) is 79.6 Å². The summed E-state index contributed by atoms with van der Waals surface area (Å²) in [7, 11) is -3.67. The summed E-state index contributed by atoms with van der Waals surface area (Å²) < 4.78 is 33.1. The standard InChI is InChI=1S/C19H18BrClN2O4S/c1-3-23(4-2)28(25,26)13-8-9-15(21)16(11-13)22-19(24)17-10-12-6-5-7-14(20)18(12)27-17/h5-11H,3-4H2,1-2H3,(H,22,24). The van der Waals surface area contributed by atoms with Gasteiger partial charge in [0.05, 0.1) is 20.1 Å². The monoisotopic (exact) mass is 484 g/mol. The van der Waals surface area contributed by atoms with Crippen LogP contribution in [0.4, 0.5) is 5.69 Å². The number of halogens is 2. The predicted molar refractivity (Wildman–Crippen MR) is 113 cm³/mol. The maximum Gasteiger partial charge on any atom is 0.291 e. The molecule has 0 spiro atoms. The third-order valence-electron chi connectivity index (χ3n) is 4.25. The number of carbonyl (C=O) groups excluding carboxylic acids is 1. The van der Waals surface area contributed by atoms with Crippen LogP contribution in [0.5, 0.6) is 0 Å². The molecule has 3 rings (SSSR count). The fourth-order valence-corrected chi connectivity index (χ4v) is 4.91. The first-order valence-corrected chi connectivity index (χ1v) is 11.2. The molecule has 0 aliphatic rings. The molecule has 0 atom stereocenters. The summed E-state index contributed by atoms with van der Waals surface area (Å²) in [6.45, 7) is 4.22. The van der Waals surface area contributed by atoms with E-state index in [2.05, 4.69) is 21.2 Å². The summed E-state index contributed by atoms with van der Waals surface area (Å²) in [5.74, 6) is -0.433. The lowest BCUT2D eigenvalue weighted by Gasteiger charge is -2.19. The summed E-state index contributed by atoms with van der Waals surface area (Å²) in [6.07, 6.45) is 0. The van der Waals surface area contributed by atoms with Gasteiger partial charge >= 0.3 is 0 Å². The minimum Gasteiger partial charge on any atom is -0.450 e. The first kappa shape index (κ1) is 20.9. The van der Waals surface area contributed by atoms with Crippen molar-refractivity contribution in [3.63, 3.8) is 0 Å². The van der Waals surface area contributed by atoms with Crippen molar-refractivity contribution in [3.8, 4) is 0 Å². The highest BCUT2D eigenvalue weighted by atomic mass is 79.9. The predicted octanol–water partition coefficient (Wildman–Crippen LogP) is 5.13. The second-order valence-electron chi connectivity index (χ2n) is 5.95. The summed E-state index contributed by atoms with van der Waals surface area (Å²) in [5, 5.41) is 3.62. The van der Waals surface area contributed by atoms with Crippen molar-refractivity contribution >= 4 is 60.1 Å². The van der Waals surface area contributed by atoms with Crippen LogP contribution in [-0.4, -0.2) is 31.7 Å². The zero-order valence-electron chi connectivity index (χ0n) is 15.2. The van der Waals surface area contributed by atoms with Gasteiger partial charge in [-0.2, -0.15) is 4.31 Å². The largest absolute Gasteiger partial charge is 0.450 e. The van der Waals surface area contributed by atoms with Gasteiger partial charge in [-0.15, -0.1) is 0 Å². The van der Waals surface area contributed by atoms with Gasteiger partial charge < -0.3 is 9.73 Å². The number of rotatable bonds is 6. The number of fused-ring (bicyclic) bond motifs is 1. The third-order valence-corrected chi connectivity index (χ3v) is 7.25. The Labute approximate surface area is 176 Å². The molecule has 3 aromatic rings. The number of nitrogens with zero attached hydrogens (tertiary/aromatic N) is 1. The molecule has 1 heterocycles. The second-order valence-corrected chi connectivity index (χ2v) is 9.15. The van der Waals surface area contributed by atoms with Crippen LogP contribution in [0.3, 0.4) is 0 Å². The molecule has 1 amide bonds. The Morgan fingerprint density at radius 2 is 1.89 bits per heavy atom. The number of benzene rings is 2. The molecule has 2 aromatic carbocycles. The van der Waals surface area contributed by atoms with E-state index >= 15 is 0 Å². The summed E-state index contributed by atoms with van der Waals surface area (Å²) in [4.78, 5) is 12.7. The Morgan fingerprint density at radius 3 is 2.54 bits per heavy atom. The first-order valence-electron chi connectivity index (χ1n) is 8.57. The van der Waals surface area contributed by atoms with Gasteiger partial charge in [0.2, 0.25) is 10.0 Å². The number of nitrogens with one attached hydrogen (secondary N) is 1. The summed E-state index contributed by atoms with van der Waals surface area (Å²) in [6, 6.07) is 11.3. The highest BCUT2D eigenvalue weighted by molar-refractivity contribution is 9.10. The highest BCUT2D eigenvalue weighted by Crippen LogP contribution is 2.30. The van der Waals surface area contributed by atoms with Gasteiger partial charge in [-0.1, -0.05) is 37.6 Å². The van der Waals surface area contributed by atoms with Gasteiger partial charge in [-0.3, -0.25) is 4.79 Å². The molecular weight excluding hydrogens is 468 g/mol. The van der Waals surface area contributed by atoms with Crippen LogP contribution < -0.4 is 5.32 Å². The molecule has 6 nitrogen and oxygen atoms in total. The zero-order chi connectivity index (χ0) is 20.5. The number of hydrogen-bond donors (Lipinski definition) is 1. The molecule has 148 valence electrons. The van der Waals surface area contributed by atoms with E-state index in [1.807, 2.05) is 18.2 Å². The van der Waals surface area contributed by atoms with Crippen LogP contribution >= 0.6 is 27.5 Å². The van der Waals surface area contributed by atoms with Gasteiger partial charge in [-0.25, -0.2) is 8.42 Å². The highest BCUT2D eigenvalue weighted by Gasteiger charge is 2.23. The lowest BCUT2D eigenvalue weighted by Crippen LogP contribution is -2.30. The molecular formula is C19H18BrClN2O4S. The van der Waals surface area contributed by atoms with E-state index in [4.69, 9.17) is 16.0 Å². The van der Waals surface area contributed by atoms with Crippen molar-refractivity contribution in [2.24, 2.45) is 0 Å². The number of furan rings is 1. The van der Waals surface area contributed by atoms with E-state index in [9.17, 15) is 13.2 Å². The fourth-order valence-electron chi connectivity index (χ4n) is 2.80. The van der Waals surface area contributed by atoms with Crippen molar-refractivity contribution in [2.75, 3.05) is 18.4 Å². The quantitative estimate of drug-likeness (QED) is 0.525. The van der Waals surface area contributed by atoms with Gasteiger partial charge in [0.15, 0.2) is 5.76 Å². The minimum atomic E-state index is -3.67. The number of hydrogen-bond acceptors (Lipinski definition) is 4.